The van der Waals surface area contributed by atoms with E-state index in [-0.39, 0.29) is 0 Å². The highest BCUT2D eigenvalue weighted by atomic mass is 16.5. The van der Waals surface area contributed by atoms with E-state index in [0.717, 1.165) is 17.2 Å². The van der Waals surface area contributed by atoms with Crippen molar-refractivity contribution < 1.29 is 9.84 Å². The van der Waals surface area contributed by atoms with E-state index in [4.69, 9.17) is 4.74 Å². The van der Waals surface area contributed by atoms with Crippen LogP contribution in [-0.2, 0) is 4.74 Å². The third-order valence-electron chi connectivity index (χ3n) is 2.62. The van der Waals surface area contributed by atoms with E-state index in [1.165, 1.54) is 0 Å². The molecule has 0 saturated carbocycles. The number of ether oxygens (including phenoxy) is 1. The first-order chi connectivity index (χ1) is 8.58. The van der Waals surface area contributed by atoms with Gasteiger partial charge in [0.2, 0.25) is 0 Å². The minimum atomic E-state index is -0.450. The van der Waals surface area contributed by atoms with Crippen molar-refractivity contribution in [2.24, 2.45) is 0 Å². The van der Waals surface area contributed by atoms with Crippen LogP contribution in [0.3, 0.4) is 0 Å². The van der Waals surface area contributed by atoms with Gasteiger partial charge < -0.3 is 20.5 Å². The van der Waals surface area contributed by atoms with Gasteiger partial charge in [-0.05, 0) is 20.3 Å². The predicted octanol–water partition coefficient (Wildman–Crippen LogP) is 0.944. The Morgan fingerprint density at radius 3 is 2.56 bits per heavy atom. The fourth-order valence-corrected chi connectivity index (χ4v) is 1.68. The van der Waals surface area contributed by atoms with Gasteiger partial charge in [0.05, 0.1) is 12.7 Å². The van der Waals surface area contributed by atoms with E-state index in [1.54, 1.807) is 7.11 Å². The maximum Gasteiger partial charge on any atom is 0.134 e. The van der Waals surface area contributed by atoms with Gasteiger partial charge in [0.25, 0.3) is 0 Å². The normalized spacial score (nSPS) is 12.3. The largest absolute Gasteiger partial charge is 0.391 e. The molecule has 0 aliphatic heterocycles. The molecule has 6 heteroatoms. The summed E-state index contributed by atoms with van der Waals surface area (Å²) in [5.41, 5.74) is 0.976. The molecule has 18 heavy (non-hydrogen) atoms. The quantitative estimate of drug-likeness (QED) is 0.672. The lowest BCUT2D eigenvalue weighted by Crippen LogP contribution is -2.19. The van der Waals surface area contributed by atoms with Crippen molar-refractivity contribution in [3.8, 4) is 0 Å². The monoisotopic (exact) mass is 254 g/mol. The molecule has 0 bridgehead atoms. The minimum Gasteiger partial charge on any atom is -0.391 e. The maximum absolute atomic E-state index is 9.54. The number of rotatable bonds is 7. The number of aliphatic hydroxyl groups is 1. The highest BCUT2D eigenvalue weighted by molar-refractivity contribution is 5.56. The number of hydrogen-bond donors (Lipinski definition) is 3. The van der Waals surface area contributed by atoms with E-state index in [1.807, 2.05) is 20.9 Å². The second-order valence-corrected chi connectivity index (χ2v) is 4.17. The first kappa shape index (κ1) is 14.7. The van der Waals surface area contributed by atoms with Gasteiger partial charge in [-0.3, -0.25) is 0 Å². The molecule has 0 aliphatic carbocycles. The third-order valence-corrected chi connectivity index (χ3v) is 2.62. The Bertz CT molecular complexity index is 385. The van der Waals surface area contributed by atoms with E-state index in [0.29, 0.717) is 25.4 Å². The molecule has 0 amide bonds. The van der Waals surface area contributed by atoms with Crippen LogP contribution >= 0.6 is 0 Å². The van der Waals surface area contributed by atoms with Crippen LogP contribution in [0.1, 0.15) is 17.8 Å². The zero-order valence-corrected chi connectivity index (χ0v) is 11.4. The number of aryl methyl sites for hydroxylation is 1. The summed E-state index contributed by atoms with van der Waals surface area (Å²) >= 11 is 0. The Hall–Kier alpha value is -1.40. The van der Waals surface area contributed by atoms with Gasteiger partial charge in [0, 0.05) is 26.3 Å². The molecule has 0 spiro atoms. The zero-order valence-electron chi connectivity index (χ0n) is 11.4. The van der Waals surface area contributed by atoms with Crippen LogP contribution in [0, 0.1) is 13.8 Å². The van der Waals surface area contributed by atoms with Gasteiger partial charge in [-0.15, -0.1) is 0 Å². The molecule has 1 aromatic rings. The molecule has 3 N–H and O–H groups in total. The molecule has 0 saturated heterocycles. The number of nitrogens with zero attached hydrogens (tertiary/aromatic N) is 2. The van der Waals surface area contributed by atoms with Crippen LogP contribution < -0.4 is 10.6 Å². The van der Waals surface area contributed by atoms with E-state index >= 15 is 0 Å². The fourth-order valence-electron chi connectivity index (χ4n) is 1.68. The zero-order chi connectivity index (χ0) is 13.5. The number of aliphatic hydroxyl groups excluding tert-OH is 1. The number of aromatic nitrogens is 2. The number of anilines is 2. The fraction of sp³-hybridized carbons (Fsp3) is 0.667. The van der Waals surface area contributed by atoms with Crippen molar-refractivity contribution in [1.29, 1.82) is 0 Å². The predicted molar refractivity (Wildman–Crippen MR) is 72.0 cm³/mol. The molecule has 0 fully saturated rings. The standard InChI is InChI=1S/C12H22N4O2/c1-8-11(13-3)15-9(2)16-12(8)14-6-5-10(17)7-18-4/h10,17H,5-7H2,1-4H3,(H2,13,14,15,16). The van der Waals surface area contributed by atoms with Gasteiger partial charge in [-0.2, -0.15) is 0 Å². The molecular weight excluding hydrogens is 232 g/mol. The van der Waals surface area contributed by atoms with Crippen LogP contribution in [0.25, 0.3) is 0 Å². The molecule has 1 aromatic heterocycles. The maximum atomic E-state index is 9.54. The summed E-state index contributed by atoms with van der Waals surface area (Å²) < 4.78 is 4.87. The Kier molecular flexibility index (Phi) is 5.80. The van der Waals surface area contributed by atoms with Gasteiger partial charge in [-0.25, -0.2) is 9.97 Å². The van der Waals surface area contributed by atoms with Gasteiger partial charge >= 0.3 is 0 Å². The van der Waals surface area contributed by atoms with Crippen molar-refractivity contribution in [3.05, 3.63) is 11.4 Å². The molecule has 0 radical (unpaired) electrons. The van der Waals surface area contributed by atoms with Crippen LogP contribution in [0.5, 0.6) is 0 Å². The Morgan fingerprint density at radius 1 is 1.28 bits per heavy atom. The van der Waals surface area contributed by atoms with Crippen molar-refractivity contribution >= 4 is 11.6 Å². The van der Waals surface area contributed by atoms with E-state index in [9.17, 15) is 5.11 Å². The summed E-state index contributed by atoms with van der Waals surface area (Å²) in [4.78, 5) is 8.64. The second-order valence-electron chi connectivity index (χ2n) is 4.17. The van der Waals surface area contributed by atoms with E-state index < -0.39 is 6.10 Å². The lowest BCUT2D eigenvalue weighted by atomic mass is 10.2. The van der Waals surface area contributed by atoms with Gasteiger partial charge in [0.15, 0.2) is 0 Å². The highest BCUT2D eigenvalue weighted by Gasteiger charge is 2.08. The van der Waals surface area contributed by atoms with E-state index in [2.05, 4.69) is 20.6 Å². The summed E-state index contributed by atoms with van der Waals surface area (Å²) in [6.45, 7) is 4.81. The summed E-state index contributed by atoms with van der Waals surface area (Å²) in [6.07, 6.45) is 0.167. The average Bonchev–Trinajstić information content (AvgIpc) is 2.33. The molecule has 6 nitrogen and oxygen atoms in total. The van der Waals surface area contributed by atoms with Crippen LogP contribution in [0.4, 0.5) is 11.6 Å². The molecule has 1 heterocycles. The van der Waals surface area contributed by atoms with Crippen LogP contribution in [0.2, 0.25) is 0 Å². The Morgan fingerprint density at radius 2 is 1.94 bits per heavy atom. The Labute approximate surface area is 108 Å². The van der Waals surface area contributed by atoms with Crippen molar-refractivity contribution in [3.63, 3.8) is 0 Å². The van der Waals surface area contributed by atoms with Crippen molar-refractivity contribution in [2.45, 2.75) is 26.4 Å². The molecule has 1 rings (SSSR count). The molecule has 0 aliphatic rings. The molecule has 1 unspecified atom stereocenters. The third kappa shape index (κ3) is 4.12. The van der Waals surface area contributed by atoms with Gasteiger partial charge in [-0.1, -0.05) is 0 Å². The van der Waals surface area contributed by atoms with Crippen LogP contribution in [-0.4, -0.2) is 48.5 Å². The summed E-state index contributed by atoms with van der Waals surface area (Å²) in [6, 6.07) is 0. The lowest BCUT2D eigenvalue weighted by molar-refractivity contribution is 0.0615. The average molecular weight is 254 g/mol. The molecule has 1 atom stereocenters. The molecule has 102 valence electrons. The molecule has 0 aromatic carbocycles. The first-order valence-corrected chi connectivity index (χ1v) is 6.02. The van der Waals surface area contributed by atoms with Gasteiger partial charge in [0.1, 0.15) is 17.5 Å². The lowest BCUT2D eigenvalue weighted by Gasteiger charge is -2.14. The van der Waals surface area contributed by atoms with Crippen molar-refractivity contribution in [2.75, 3.05) is 37.9 Å². The smallest absolute Gasteiger partial charge is 0.134 e. The first-order valence-electron chi connectivity index (χ1n) is 6.02. The summed E-state index contributed by atoms with van der Waals surface area (Å²) in [5, 5.41) is 15.8. The van der Waals surface area contributed by atoms with Crippen LogP contribution in [0.15, 0.2) is 0 Å². The Balaban J connectivity index is 2.59. The highest BCUT2D eigenvalue weighted by Crippen LogP contribution is 2.19. The van der Waals surface area contributed by atoms with Crippen molar-refractivity contribution in [1.82, 2.24) is 9.97 Å². The molecular formula is C12H22N4O2. The summed E-state index contributed by atoms with van der Waals surface area (Å²) in [5.74, 6) is 2.34. The summed E-state index contributed by atoms with van der Waals surface area (Å²) in [7, 11) is 3.41. The minimum absolute atomic E-state index is 0.352. The number of nitrogens with one attached hydrogen (secondary N) is 2. The second kappa shape index (κ2) is 7.13. The SMILES string of the molecule is CNc1nc(C)nc(NCCC(O)COC)c1C. The number of methoxy groups -OCH3 is 1. The number of hydrogen-bond acceptors (Lipinski definition) is 6. The topological polar surface area (TPSA) is 79.3 Å².